The summed E-state index contributed by atoms with van der Waals surface area (Å²) < 4.78 is 2.71. The summed E-state index contributed by atoms with van der Waals surface area (Å²) in [6, 6.07) is 3.82. The van der Waals surface area contributed by atoms with Gasteiger partial charge in [-0.3, -0.25) is 14.5 Å². The van der Waals surface area contributed by atoms with Gasteiger partial charge in [-0.2, -0.15) is 5.10 Å². The van der Waals surface area contributed by atoms with E-state index in [4.69, 9.17) is 0 Å². The molecule has 0 fully saturated rings. The van der Waals surface area contributed by atoms with Crippen LogP contribution >= 0.6 is 15.9 Å². The van der Waals surface area contributed by atoms with Gasteiger partial charge in [0.05, 0.1) is 22.3 Å². The van der Waals surface area contributed by atoms with Crippen LogP contribution in [0, 0.1) is 0 Å². The Morgan fingerprint density at radius 3 is 2.70 bits per heavy atom. The van der Waals surface area contributed by atoms with Crippen molar-refractivity contribution in [2.75, 3.05) is 0 Å². The molecule has 20 heavy (non-hydrogen) atoms. The first kappa shape index (κ1) is 14.9. The summed E-state index contributed by atoms with van der Waals surface area (Å²) in [5, 5.41) is 4.42. The number of carbonyl (C=O) groups is 1. The number of halogens is 1. The molecule has 0 aliphatic carbocycles. The summed E-state index contributed by atoms with van der Waals surface area (Å²) in [5.41, 5.74) is 3.44. The minimum Gasteiger partial charge on any atom is -0.292 e. The zero-order valence-corrected chi connectivity index (χ0v) is 13.6. The van der Waals surface area contributed by atoms with E-state index < -0.39 is 0 Å². The van der Waals surface area contributed by atoms with E-state index in [9.17, 15) is 4.79 Å². The summed E-state index contributed by atoms with van der Waals surface area (Å²) >= 11 is 3.54. The molecule has 106 valence electrons. The first-order valence-electron chi connectivity index (χ1n) is 6.75. The lowest BCUT2D eigenvalue weighted by atomic mass is 10.0. The van der Waals surface area contributed by atoms with Gasteiger partial charge in [-0.25, -0.2) is 0 Å². The van der Waals surface area contributed by atoms with Gasteiger partial charge in [-0.15, -0.1) is 0 Å². The zero-order valence-electron chi connectivity index (χ0n) is 12.0. The molecule has 5 heteroatoms. The molecular formula is C15H18BrN3O. The molecule has 0 aliphatic rings. The van der Waals surface area contributed by atoms with Gasteiger partial charge in [0.25, 0.3) is 0 Å². The number of carbonyl (C=O) groups excluding carboxylic acids is 1. The highest BCUT2D eigenvalue weighted by atomic mass is 79.9. The highest BCUT2D eigenvalue weighted by Gasteiger charge is 2.19. The second-order valence-electron chi connectivity index (χ2n) is 4.65. The second-order valence-corrected chi connectivity index (χ2v) is 5.44. The van der Waals surface area contributed by atoms with Crippen LogP contribution in [0.15, 0.2) is 22.8 Å². The number of hydrogen-bond acceptors (Lipinski definition) is 3. The Bertz CT molecular complexity index is 634. The van der Waals surface area contributed by atoms with E-state index in [2.05, 4.69) is 26.0 Å². The number of Topliss-reactive ketones (excluding diaryl/α,β-unsaturated/α-hetero) is 1. The maximum atomic E-state index is 12.5. The summed E-state index contributed by atoms with van der Waals surface area (Å²) in [6.45, 7) is 4.08. The van der Waals surface area contributed by atoms with Crippen LogP contribution in [-0.2, 0) is 26.3 Å². The van der Waals surface area contributed by atoms with Gasteiger partial charge in [0, 0.05) is 13.2 Å². The van der Waals surface area contributed by atoms with Crippen molar-refractivity contribution in [1.82, 2.24) is 14.8 Å². The number of hydrogen-bond donors (Lipinski definition) is 0. The molecule has 2 aromatic heterocycles. The topological polar surface area (TPSA) is 47.8 Å². The van der Waals surface area contributed by atoms with Gasteiger partial charge >= 0.3 is 0 Å². The summed E-state index contributed by atoms with van der Waals surface area (Å²) in [4.78, 5) is 16.7. The van der Waals surface area contributed by atoms with Crippen molar-refractivity contribution in [2.24, 2.45) is 7.05 Å². The van der Waals surface area contributed by atoms with E-state index in [-0.39, 0.29) is 5.78 Å². The quantitative estimate of drug-likeness (QED) is 0.788. The molecule has 0 radical (unpaired) electrons. The molecule has 4 nitrogen and oxygen atoms in total. The Hall–Kier alpha value is -1.49. The number of aryl methyl sites for hydroxylation is 3. The highest BCUT2D eigenvalue weighted by molar-refractivity contribution is 9.10. The predicted molar refractivity (Wildman–Crippen MR) is 81.9 cm³/mol. The maximum Gasteiger partial charge on any atom is 0.187 e. The number of aromatic nitrogens is 3. The van der Waals surface area contributed by atoms with Gasteiger partial charge in [0.1, 0.15) is 5.69 Å². The summed E-state index contributed by atoms with van der Waals surface area (Å²) in [5.74, 6) is 0.0359. The normalized spacial score (nSPS) is 10.8. The molecule has 0 N–H and O–H groups in total. The third kappa shape index (κ3) is 2.82. The third-order valence-corrected chi connectivity index (χ3v) is 4.28. The van der Waals surface area contributed by atoms with Crippen molar-refractivity contribution in [3.8, 4) is 0 Å². The van der Waals surface area contributed by atoms with Crippen LogP contribution in [0.3, 0.4) is 0 Å². The van der Waals surface area contributed by atoms with E-state index in [0.29, 0.717) is 12.1 Å². The largest absolute Gasteiger partial charge is 0.292 e. The van der Waals surface area contributed by atoms with Gasteiger partial charge < -0.3 is 0 Å². The lowest BCUT2D eigenvalue weighted by molar-refractivity contribution is 0.0985. The summed E-state index contributed by atoms with van der Waals surface area (Å²) in [7, 11) is 1.87. The van der Waals surface area contributed by atoms with Crippen LogP contribution in [0.4, 0.5) is 0 Å². The Labute approximate surface area is 127 Å². The van der Waals surface area contributed by atoms with Crippen LogP contribution in [0.25, 0.3) is 0 Å². The lowest BCUT2D eigenvalue weighted by Gasteiger charge is -2.06. The minimum atomic E-state index is 0.0359. The van der Waals surface area contributed by atoms with E-state index in [0.717, 1.165) is 34.3 Å². The molecule has 0 bridgehead atoms. The molecule has 2 aromatic rings. The van der Waals surface area contributed by atoms with Crippen LogP contribution in [-0.4, -0.2) is 20.5 Å². The number of ketones is 1. The predicted octanol–water partition coefficient (Wildman–Crippen LogP) is 3.13. The van der Waals surface area contributed by atoms with Crippen molar-refractivity contribution >= 4 is 21.7 Å². The average molecular weight is 336 g/mol. The molecule has 2 heterocycles. The maximum absolute atomic E-state index is 12.5. The molecule has 0 saturated heterocycles. The fourth-order valence-electron chi connectivity index (χ4n) is 2.22. The molecule has 2 rings (SSSR count). The number of rotatable bonds is 5. The molecule has 0 aliphatic heterocycles. The zero-order chi connectivity index (χ0) is 14.7. The number of nitrogens with zero attached hydrogens (tertiary/aromatic N) is 3. The molecule has 0 atom stereocenters. The van der Waals surface area contributed by atoms with Crippen LogP contribution in [0.2, 0.25) is 0 Å². The van der Waals surface area contributed by atoms with E-state index >= 15 is 0 Å². The lowest BCUT2D eigenvalue weighted by Crippen LogP contribution is -2.12. The fourth-order valence-corrected chi connectivity index (χ4v) is 2.98. The standard InChI is InChI=1S/C15H18BrN3O/c1-4-10-7-6-8-17-15(10)13(20)9-12-14(16)11(5-2)18-19(12)3/h6-8H,4-5,9H2,1-3H3. The van der Waals surface area contributed by atoms with Crippen molar-refractivity contribution in [1.29, 1.82) is 0 Å². The molecule has 0 spiro atoms. The molecule has 0 saturated carbocycles. The van der Waals surface area contributed by atoms with Crippen LogP contribution in [0.1, 0.15) is 41.3 Å². The Kier molecular flexibility index (Phi) is 4.70. The monoisotopic (exact) mass is 335 g/mol. The Morgan fingerprint density at radius 1 is 1.35 bits per heavy atom. The molecule has 0 unspecified atom stereocenters. The third-order valence-electron chi connectivity index (χ3n) is 3.37. The Morgan fingerprint density at radius 2 is 2.10 bits per heavy atom. The molecule has 0 amide bonds. The molecular weight excluding hydrogens is 318 g/mol. The van der Waals surface area contributed by atoms with Crippen molar-refractivity contribution in [3.63, 3.8) is 0 Å². The van der Waals surface area contributed by atoms with E-state index in [1.807, 2.05) is 33.0 Å². The van der Waals surface area contributed by atoms with Crippen LogP contribution < -0.4 is 0 Å². The van der Waals surface area contributed by atoms with Crippen molar-refractivity contribution < 1.29 is 4.79 Å². The highest BCUT2D eigenvalue weighted by Crippen LogP contribution is 2.23. The van der Waals surface area contributed by atoms with E-state index in [1.54, 1.807) is 10.9 Å². The van der Waals surface area contributed by atoms with Gasteiger partial charge in [0.2, 0.25) is 0 Å². The first-order chi connectivity index (χ1) is 9.58. The van der Waals surface area contributed by atoms with Crippen LogP contribution in [0.5, 0.6) is 0 Å². The first-order valence-corrected chi connectivity index (χ1v) is 7.55. The smallest absolute Gasteiger partial charge is 0.187 e. The minimum absolute atomic E-state index is 0.0359. The van der Waals surface area contributed by atoms with Gasteiger partial charge in [-0.1, -0.05) is 19.9 Å². The number of pyridine rings is 1. The average Bonchev–Trinajstić information content (AvgIpc) is 2.74. The van der Waals surface area contributed by atoms with Crippen molar-refractivity contribution in [3.05, 3.63) is 45.4 Å². The fraction of sp³-hybridized carbons (Fsp3) is 0.400. The summed E-state index contributed by atoms with van der Waals surface area (Å²) in [6.07, 6.45) is 3.63. The second kappa shape index (κ2) is 6.31. The van der Waals surface area contributed by atoms with Gasteiger partial charge in [-0.05, 0) is 40.4 Å². The van der Waals surface area contributed by atoms with Crippen molar-refractivity contribution in [2.45, 2.75) is 33.1 Å². The van der Waals surface area contributed by atoms with Gasteiger partial charge in [0.15, 0.2) is 5.78 Å². The Balaban J connectivity index is 2.30. The molecule has 0 aromatic carbocycles. The van der Waals surface area contributed by atoms with E-state index in [1.165, 1.54) is 0 Å². The SMILES string of the molecule is CCc1cccnc1C(=O)Cc1c(Br)c(CC)nn1C.